The maximum Gasteiger partial charge on any atom is 0.243 e. The smallest absolute Gasteiger partial charge is 0.243 e. The minimum absolute atomic E-state index is 0.0350. The first-order chi connectivity index (χ1) is 10.1. The van der Waals surface area contributed by atoms with Gasteiger partial charge in [-0.25, -0.2) is 0 Å². The number of nitrogens with one attached hydrogen (secondary N) is 1. The van der Waals surface area contributed by atoms with Crippen LogP contribution in [-0.4, -0.2) is 40.8 Å². The topological polar surface area (TPSA) is 49.4 Å². The molecule has 0 unspecified atom stereocenters. The van der Waals surface area contributed by atoms with Crippen LogP contribution in [0, 0.1) is 6.92 Å². The van der Waals surface area contributed by atoms with Crippen LogP contribution in [0.3, 0.4) is 0 Å². The molecule has 0 heterocycles. The SMILES string of the molecule is Cc1cc(Br)ccc1NC(=O)CN(C)C(=O)CSC(C)(C)C. The van der Waals surface area contributed by atoms with Crippen molar-refractivity contribution in [3.05, 3.63) is 28.2 Å². The van der Waals surface area contributed by atoms with Crippen LogP contribution in [-0.2, 0) is 9.59 Å². The second kappa shape index (κ2) is 8.02. The van der Waals surface area contributed by atoms with Gasteiger partial charge in [-0.2, -0.15) is 0 Å². The first-order valence-electron chi connectivity index (χ1n) is 7.02. The van der Waals surface area contributed by atoms with E-state index in [-0.39, 0.29) is 23.1 Å². The molecule has 0 aromatic heterocycles. The second-order valence-corrected chi connectivity index (χ2v) is 8.88. The largest absolute Gasteiger partial charge is 0.336 e. The van der Waals surface area contributed by atoms with Crippen LogP contribution >= 0.6 is 27.7 Å². The fourth-order valence-corrected chi connectivity index (χ4v) is 2.90. The number of nitrogens with zero attached hydrogens (tertiary/aromatic N) is 1. The molecule has 22 heavy (non-hydrogen) atoms. The molecule has 1 N–H and O–H groups in total. The van der Waals surface area contributed by atoms with E-state index in [9.17, 15) is 9.59 Å². The van der Waals surface area contributed by atoms with Gasteiger partial charge >= 0.3 is 0 Å². The third kappa shape index (κ3) is 6.83. The molecular weight excluding hydrogens is 364 g/mol. The molecule has 1 aromatic carbocycles. The first-order valence-corrected chi connectivity index (χ1v) is 8.80. The van der Waals surface area contributed by atoms with Gasteiger partial charge in [-0.3, -0.25) is 9.59 Å². The Bertz CT molecular complexity index is 556. The molecule has 0 aliphatic rings. The lowest BCUT2D eigenvalue weighted by atomic mass is 10.2. The molecule has 1 aromatic rings. The Balaban J connectivity index is 2.52. The quantitative estimate of drug-likeness (QED) is 0.839. The van der Waals surface area contributed by atoms with Gasteiger partial charge in [0.2, 0.25) is 11.8 Å². The van der Waals surface area contributed by atoms with E-state index in [1.807, 2.05) is 25.1 Å². The van der Waals surface area contributed by atoms with Crippen molar-refractivity contribution >= 4 is 45.2 Å². The molecule has 2 amide bonds. The maximum atomic E-state index is 12.0. The number of carbonyl (C=O) groups is 2. The summed E-state index contributed by atoms with van der Waals surface area (Å²) in [6.45, 7) is 8.17. The van der Waals surface area contributed by atoms with E-state index < -0.39 is 0 Å². The van der Waals surface area contributed by atoms with Crippen LogP contribution in [0.4, 0.5) is 5.69 Å². The number of halogens is 1. The number of thioether (sulfide) groups is 1. The van der Waals surface area contributed by atoms with Crippen molar-refractivity contribution in [2.75, 3.05) is 24.7 Å². The van der Waals surface area contributed by atoms with Gasteiger partial charge in [0.05, 0.1) is 12.3 Å². The molecule has 0 aliphatic heterocycles. The molecule has 0 radical (unpaired) electrons. The number of rotatable bonds is 5. The summed E-state index contributed by atoms with van der Waals surface area (Å²) in [5, 5.41) is 2.84. The highest BCUT2D eigenvalue weighted by molar-refractivity contribution is 9.10. The van der Waals surface area contributed by atoms with Gasteiger partial charge in [-0.15, -0.1) is 11.8 Å². The van der Waals surface area contributed by atoms with Crippen LogP contribution in [0.15, 0.2) is 22.7 Å². The van der Waals surface area contributed by atoms with Crippen LogP contribution in [0.1, 0.15) is 26.3 Å². The Kier molecular flexibility index (Phi) is 6.94. The third-order valence-corrected chi connectivity index (χ3v) is 4.65. The number of likely N-dealkylation sites (N-methyl/N-ethyl adjacent to an activating group) is 1. The second-order valence-electron chi connectivity index (χ2n) is 6.16. The van der Waals surface area contributed by atoms with Crippen molar-refractivity contribution < 1.29 is 9.59 Å². The van der Waals surface area contributed by atoms with E-state index >= 15 is 0 Å². The standard InChI is InChI=1S/C16H23BrN2O2S/c1-11-8-12(17)6-7-13(11)18-14(20)9-19(5)15(21)10-22-16(2,3)4/h6-8H,9-10H2,1-5H3,(H,18,20). The van der Waals surface area contributed by atoms with E-state index in [1.54, 1.807) is 18.8 Å². The predicted octanol–water partition coefficient (Wildman–Crippen LogP) is 3.69. The van der Waals surface area contributed by atoms with Crippen molar-refractivity contribution in [2.24, 2.45) is 0 Å². The van der Waals surface area contributed by atoms with Gasteiger partial charge in [-0.1, -0.05) is 36.7 Å². The molecule has 0 spiro atoms. The van der Waals surface area contributed by atoms with E-state index in [1.165, 1.54) is 4.90 Å². The van der Waals surface area contributed by atoms with Gasteiger partial charge < -0.3 is 10.2 Å². The summed E-state index contributed by atoms with van der Waals surface area (Å²) in [6, 6.07) is 5.65. The molecule has 122 valence electrons. The molecule has 0 saturated heterocycles. The van der Waals surface area contributed by atoms with Gasteiger partial charge in [-0.05, 0) is 30.7 Å². The van der Waals surface area contributed by atoms with Gasteiger partial charge in [0.15, 0.2) is 0 Å². The summed E-state index contributed by atoms with van der Waals surface area (Å²) in [5.41, 5.74) is 1.73. The maximum absolute atomic E-state index is 12.0. The highest BCUT2D eigenvalue weighted by Gasteiger charge is 2.17. The highest BCUT2D eigenvalue weighted by atomic mass is 79.9. The average Bonchev–Trinajstić information content (AvgIpc) is 2.38. The zero-order valence-corrected chi connectivity index (χ0v) is 16.1. The average molecular weight is 387 g/mol. The molecular formula is C16H23BrN2O2S. The van der Waals surface area contributed by atoms with Gasteiger partial charge in [0.25, 0.3) is 0 Å². The molecule has 0 bridgehead atoms. The monoisotopic (exact) mass is 386 g/mol. The van der Waals surface area contributed by atoms with E-state index in [2.05, 4.69) is 42.0 Å². The van der Waals surface area contributed by atoms with Crippen molar-refractivity contribution in [3.8, 4) is 0 Å². The summed E-state index contributed by atoms with van der Waals surface area (Å²) in [7, 11) is 1.65. The molecule has 0 atom stereocenters. The predicted molar refractivity (Wildman–Crippen MR) is 97.4 cm³/mol. The zero-order chi connectivity index (χ0) is 16.9. The van der Waals surface area contributed by atoms with Gasteiger partial charge in [0.1, 0.15) is 0 Å². The normalized spacial score (nSPS) is 11.2. The Labute approximate surface area is 145 Å². The molecule has 1 rings (SSSR count). The molecule has 6 heteroatoms. The molecule has 4 nitrogen and oxygen atoms in total. The van der Waals surface area contributed by atoms with Crippen LogP contribution < -0.4 is 5.32 Å². The lowest BCUT2D eigenvalue weighted by molar-refractivity contribution is -0.131. The first kappa shape index (κ1) is 19.0. The van der Waals surface area contributed by atoms with Crippen molar-refractivity contribution in [2.45, 2.75) is 32.4 Å². The summed E-state index contributed by atoms with van der Waals surface area (Å²) in [5.74, 6) is 0.148. The zero-order valence-electron chi connectivity index (χ0n) is 13.7. The Morgan fingerprint density at radius 2 is 1.95 bits per heavy atom. The fourth-order valence-electron chi connectivity index (χ4n) is 1.65. The van der Waals surface area contributed by atoms with Crippen LogP contribution in [0.25, 0.3) is 0 Å². The number of anilines is 1. The number of carbonyl (C=O) groups excluding carboxylic acids is 2. The van der Waals surface area contributed by atoms with Crippen molar-refractivity contribution in [1.29, 1.82) is 0 Å². The van der Waals surface area contributed by atoms with E-state index in [0.717, 1.165) is 15.7 Å². The summed E-state index contributed by atoms with van der Waals surface area (Å²) >= 11 is 4.96. The Morgan fingerprint density at radius 3 is 2.50 bits per heavy atom. The molecule has 0 aliphatic carbocycles. The van der Waals surface area contributed by atoms with E-state index in [4.69, 9.17) is 0 Å². The number of hydrogen-bond donors (Lipinski definition) is 1. The van der Waals surface area contributed by atoms with Crippen molar-refractivity contribution in [1.82, 2.24) is 4.90 Å². The lowest BCUT2D eigenvalue weighted by Gasteiger charge is -2.21. The molecule has 0 saturated carbocycles. The van der Waals surface area contributed by atoms with Gasteiger partial charge in [0, 0.05) is 22.0 Å². The number of aryl methyl sites for hydroxylation is 1. The summed E-state index contributed by atoms with van der Waals surface area (Å²) < 4.78 is 1.00. The fraction of sp³-hybridized carbons (Fsp3) is 0.500. The number of benzene rings is 1. The third-order valence-electron chi connectivity index (χ3n) is 2.90. The highest BCUT2D eigenvalue weighted by Crippen LogP contribution is 2.23. The molecule has 0 fully saturated rings. The minimum Gasteiger partial charge on any atom is -0.336 e. The van der Waals surface area contributed by atoms with E-state index in [0.29, 0.717) is 5.75 Å². The summed E-state index contributed by atoms with van der Waals surface area (Å²) in [6.07, 6.45) is 0. The Hall–Kier alpha value is -1.01. The number of amides is 2. The van der Waals surface area contributed by atoms with Crippen molar-refractivity contribution in [3.63, 3.8) is 0 Å². The van der Waals surface area contributed by atoms with Crippen LogP contribution in [0.2, 0.25) is 0 Å². The Morgan fingerprint density at radius 1 is 1.32 bits per heavy atom. The lowest BCUT2D eigenvalue weighted by Crippen LogP contribution is -2.36. The number of hydrogen-bond acceptors (Lipinski definition) is 3. The summed E-state index contributed by atoms with van der Waals surface area (Å²) in [4.78, 5) is 25.5. The van der Waals surface area contributed by atoms with Crippen LogP contribution in [0.5, 0.6) is 0 Å². The minimum atomic E-state index is -0.193.